The number of halogens is 3. The number of hydrogen-bond acceptors (Lipinski definition) is 9. The van der Waals surface area contributed by atoms with Gasteiger partial charge in [-0.1, -0.05) is 0 Å². The second-order valence-electron chi connectivity index (χ2n) is 9.24. The Morgan fingerprint density at radius 1 is 0.921 bits per heavy atom. The number of nitro groups is 2. The van der Waals surface area contributed by atoms with Gasteiger partial charge in [0.2, 0.25) is 5.75 Å². The molecule has 0 atom stereocenters. The van der Waals surface area contributed by atoms with Crippen LogP contribution in [0.4, 0.5) is 30.2 Å². The van der Waals surface area contributed by atoms with Crippen molar-refractivity contribution in [2.45, 2.75) is 38.3 Å². The van der Waals surface area contributed by atoms with Gasteiger partial charge < -0.3 is 14.5 Å². The zero-order chi connectivity index (χ0) is 27.6. The van der Waals surface area contributed by atoms with Crippen LogP contribution in [0.2, 0.25) is 0 Å². The van der Waals surface area contributed by atoms with Crippen LogP contribution in [0.1, 0.15) is 35.1 Å². The molecule has 11 nitrogen and oxygen atoms in total. The maximum absolute atomic E-state index is 12.1. The predicted octanol–water partition coefficient (Wildman–Crippen LogP) is 4.48. The summed E-state index contributed by atoms with van der Waals surface area (Å²) < 4.78 is 39.8. The third-order valence-electron chi connectivity index (χ3n) is 6.60. The summed E-state index contributed by atoms with van der Waals surface area (Å²) in [7, 11) is 4.19. The molecule has 3 heterocycles. The fourth-order valence-electron chi connectivity index (χ4n) is 4.63. The number of rotatable bonds is 5. The molecule has 0 radical (unpaired) electrons. The van der Waals surface area contributed by atoms with Crippen molar-refractivity contribution in [3.05, 3.63) is 66.7 Å². The van der Waals surface area contributed by atoms with Gasteiger partial charge in [-0.15, -0.1) is 13.2 Å². The molecule has 0 aromatic heterocycles. The number of benzene rings is 2. The van der Waals surface area contributed by atoms with Gasteiger partial charge >= 0.3 is 12.0 Å². The average molecular weight is 534 g/mol. The first-order chi connectivity index (χ1) is 17.9. The maximum atomic E-state index is 12.1. The Balaban J connectivity index is 0.000000181. The first-order valence-electron chi connectivity index (χ1n) is 11.7. The van der Waals surface area contributed by atoms with Gasteiger partial charge in [0.05, 0.1) is 22.9 Å². The summed E-state index contributed by atoms with van der Waals surface area (Å²) in [4.78, 5) is 33.2. The standard InChI is InChI=1S/C15H20N4O2.C9H5F3N2O3/c1-17(2)13-3-5-18(6-4-13)14-7-11-9-16-10-12(11)8-15(14)19(20)21;10-9(11,12)17-8-2-6-4-13-3-5(6)1-7(8)14(15)16/h7-8,10,13H,3-6,9H2,1-2H3;1-3H,4H2. The molecule has 202 valence electrons. The minimum atomic E-state index is -4.96. The Bertz CT molecular complexity index is 1300. The number of nitro benzene ring substituents is 2. The van der Waals surface area contributed by atoms with Gasteiger partial charge in [-0.3, -0.25) is 30.2 Å². The quantitative estimate of drug-likeness (QED) is 0.409. The first-order valence-corrected chi connectivity index (χ1v) is 11.7. The van der Waals surface area contributed by atoms with Gasteiger partial charge in [-0.2, -0.15) is 0 Å². The monoisotopic (exact) mass is 534 g/mol. The van der Waals surface area contributed by atoms with Crippen LogP contribution in [0.3, 0.4) is 0 Å². The molecule has 3 aliphatic rings. The highest BCUT2D eigenvalue weighted by Crippen LogP contribution is 2.36. The Morgan fingerprint density at radius 2 is 1.45 bits per heavy atom. The van der Waals surface area contributed by atoms with Crippen molar-refractivity contribution in [1.29, 1.82) is 0 Å². The zero-order valence-electron chi connectivity index (χ0n) is 20.6. The van der Waals surface area contributed by atoms with Crippen molar-refractivity contribution in [3.63, 3.8) is 0 Å². The smallest absolute Gasteiger partial charge is 0.398 e. The van der Waals surface area contributed by atoms with Gasteiger partial charge in [0.1, 0.15) is 5.69 Å². The Kier molecular flexibility index (Phi) is 7.62. The fraction of sp³-hybridized carbons (Fsp3) is 0.417. The SMILES string of the molecule is CN(C)C1CCN(c2cc3c(cc2[N+](=O)[O-])C=NC3)CC1.O=[N+]([O-])c1cc2c(cc1OC(F)(F)F)CN=C2. The number of aliphatic imine (C=N–C) groups is 2. The molecule has 0 N–H and O–H groups in total. The molecule has 0 amide bonds. The molecule has 1 fully saturated rings. The largest absolute Gasteiger partial charge is 0.573 e. The summed E-state index contributed by atoms with van der Waals surface area (Å²) >= 11 is 0. The lowest BCUT2D eigenvalue weighted by Crippen LogP contribution is -2.42. The van der Waals surface area contributed by atoms with E-state index in [1.165, 1.54) is 6.21 Å². The lowest BCUT2D eigenvalue weighted by atomic mass is 10.0. The topological polar surface area (TPSA) is 127 Å². The molecule has 3 aliphatic heterocycles. The summed E-state index contributed by atoms with van der Waals surface area (Å²) in [6, 6.07) is 6.20. The van der Waals surface area contributed by atoms with Crippen LogP contribution in [-0.4, -0.2) is 66.8 Å². The summed E-state index contributed by atoms with van der Waals surface area (Å²) in [5, 5.41) is 22.0. The highest BCUT2D eigenvalue weighted by atomic mass is 19.4. The van der Waals surface area contributed by atoms with E-state index in [9.17, 15) is 33.4 Å². The second-order valence-corrected chi connectivity index (χ2v) is 9.24. The number of hydrogen-bond donors (Lipinski definition) is 0. The molecule has 2 aromatic carbocycles. The van der Waals surface area contributed by atoms with E-state index in [2.05, 4.69) is 38.6 Å². The lowest BCUT2D eigenvalue weighted by Gasteiger charge is -2.36. The second kappa shape index (κ2) is 10.7. The summed E-state index contributed by atoms with van der Waals surface area (Å²) in [5.41, 5.74) is 3.10. The van der Waals surface area contributed by atoms with Crippen LogP contribution in [0, 0.1) is 20.2 Å². The van der Waals surface area contributed by atoms with Crippen molar-refractivity contribution >= 4 is 29.5 Å². The Hall–Kier alpha value is -4.07. The molecule has 5 rings (SSSR count). The van der Waals surface area contributed by atoms with E-state index in [0.717, 1.165) is 54.9 Å². The summed E-state index contributed by atoms with van der Waals surface area (Å²) in [6.07, 6.45) is 0.220. The van der Waals surface area contributed by atoms with Crippen molar-refractivity contribution in [1.82, 2.24) is 4.90 Å². The Morgan fingerprint density at radius 3 is 1.95 bits per heavy atom. The van der Waals surface area contributed by atoms with Gasteiger partial charge in [0.25, 0.3) is 5.69 Å². The van der Waals surface area contributed by atoms with Gasteiger partial charge in [0.15, 0.2) is 0 Å². The molecule has 0 bridgehead atoms. The molecular weight excluding hydrogens is 509 g/mol. The predicted molar refractivity (Wildman–Crippen MR) is 134 cm³/mol. The lowest BCUT2D eigenvalue weighted by molar-refractivity contribution is -0.388. The third kappa shape index (κ3) is 6.07. The first kappa shape index (κ1) is 27.0. The van der Waals surface area contributed by atoms with Crippen LogP contribution in [0.15, 0.2) is 34.3 Å². The van der Waals surface area contributed by atoms with Crippen molar-refractivity contribution in [2.24, 2.45) is 9.98 Å². The van der Waals surface area contributed by atoms with Crippen molar-refractivity contribution in [2.75, 3.05) is 32.1 Å². The average Bonchev–Trinajstić information content (AvgIpc) is 3.50. The highest BCUT2D eigenvalue weighted by Gasteiger charge is 2.35. The van der Waals surface area contributed by atoms with E-state index in [1.807, 2.05) is 6.07 Å². The van der Waals surface area contributed by atoms with Crippen LogP contribution < -0.4 is 9.64 Å². The van der Waals surface area contributed by atoms with Gasteiger partial charge in [-0.25, -0.2) is 0 Å². The zero-order valence-corrected chi connectivity index (χ0v) is 20.6. The molecule has 38 heavy (non-hydrogen) atoms. The number of fused-ring (bicyclic) bond motifs is 2. The summed E-state index contributed by atoms with van der Waals surface area (Å²) in [5.74, 6) is -0.813. The van der Waals surface area contributed by atoms with E-state index in [4.69, 9.17) is 0 Å². The van der Waals surface area contributed by atoms with Crippen molar-refractivity contribution < 1.29 is 27.8 Å². The number of alkyl halides is 3. The molecule has 1 saturated heterocycles. The molecule has 2 aromatic rings. The number of piperidine rings is 1. The van der Waals surface area contributed by atoms with Crippen LogP contribution in [0.25, 0.3) is 0 Å². The van der Waals surface area contributed by atoms with Crippen LogP contribution in [-0.2, 0) is 13.1 Å². The maximum Gasteiger partial charge on any atom is 0.573 e. The van der Waals surface area contributed by atoms with E-state index in [0.29, 0.717) is 23.7 Å². The molecule has 0 saturated carbocycles. The van der Waals surface area contributed by atoms with Crippen molar-refractivity contribution in [3.8, 4) is 5.75 Å². The Labute approximate surface area is 215 Å². The number of ether oxygens (including phenoxy) is 1. The van der Waals surface area contributed by atoms with E-state index < -0.39 is 22.7 Å². The molecule has 14 heteroatoms. The van der Waals surface area contributed by atoms with Gasteiger partial charge in [-0.05, 0) is 50.2 Å². The fourth-order valence-corrected chi connectivity index (χ4v) is 4.63. The molecule has 0 unspecified atom stereocenters. The minimum absolute atomic E-state index is 0.196. The minimum Gasteiger partial charge on any atom is -0.398 e. The van der Waals surface area contributed by atoms with Gasteiger partial charge in [0, 0.05) is 54.8 Å². The normalized spacial score (nSPS) is 16.2. The third-order valence-corrected chi connectivity index (χ3v) is 6.60. The molecule has 0 spiro atoms. The molecule has 0 aliphatic carbocycles. The number of anilines is 1. The summed E-state index contributed by atoms with van der Waals surface area (Å²) in [6.45, 7) is 2.56. The number of nitrogens with zero attached hydrogens (tertiary/aromatic N) is 6. The van der Waals surface area contributed by atoms with Crippen LogP contribution >= 0.6 is 0 Å². The van der Waals surface area contributed by atoms with E-state index in [-0.39, 0.29) is 17.2 Å². The highest BCUT2D eigenvalue weighted by molar-refractivity contribution is 5.88. The van der Waals surface area contributed by atoms with Crippen LogP contribution in [0.5, 0.6) is 5.75 Å². The molecular formula is C24H25F3N6O5. The van der Waals surface area contributed by atoms with E-state index >= 15 is 0 Å². The van der Waals surface area contributed by atoms with E-state index in [1.54, 1.807) is 12.3 Å².